The second-order valence-corrected chi connectivity index (χ2v) is 3.05. The van der Waals surface area contributed by atoms with E-state index in [1.165, 1.54) is 0 Å². The number of carbonyl (C=O) groups is 1. The Morgan fingerprint density at radius 2 is 2.15 bits per heavy atom. The van der Waals surface area contributed by atoms with E-state index in [0.29, 0.717) is 11.5 Å². The zero-order chi connectivity index (χ0) is 10.0. The Bertz CT molecular complexity index is 336. The van der Waals surface area contributed by atoms with Crippen molar-refractivity contribution in [3.63, 3.8) is 0 Å². The molecule has 0 spiro atoms. The molecule has 4 nitrogen and oxygen atoms in total. The maximum absolute atomic E-state index is 10.7. The molecule has 70 valence electrons. The van der Waals surface area contributed by atoms with Crippen LogP contribution in [-0.4, -0.2) is 21.0 Å². The van der Waals surface area contributed by atoms with Crippen molar-refractivity contribution >= 4 is 5.97 Å². The van der Waals surface area contributed by atoms with E-state index in [1.807, 2.05) is 6.92 Å². The van der Waals surface area contributed by atoms with Crippen LogP contribution in [0.25, 0.3) is 0 Å². The maximum atomic E-state index is 10.7. The van der Waals surface area contributed by atoms with Crippen LogP contribution in [0.15, 0.2) is 6.20 Å². The van der Waals surface area contributed by atoms with Gasteiger partial charge in [0.1, 0.15) is 5.82 Å². The number of aromatic nitrogens is 2. The number of hydrogen-bond donors (Lipinski definition) is 1. The Morgan fingerprint density at radius 3 is 2.69 bits per heavy atom. The summed E-state index contributed by atoms with van der Waals surface area (Å²) in [5.41, 5.74) is 1.42. The quantitative estimate of drug-likeness (QED) is 0.744. The zero-order valence-corrected chi connectivity index (χ0v) is 7.90. The van der Waals surface area contributed by atoms with Crippen molar-refractivity contribution < 1.29 is 9.90 Å². The lowest BCUT2D eigenvalue weighted by molar-refractivity contribution is -0.138. The number of hydrogen-bond acceptors (Lipinski definition) is 3. The van der Waals surface area contributed by atoms with E-state index in [0.717, 1.165) is 5.56 Å². The van der Waals surface area contributed by atoms with Crippen molar-refractivity contribution in [1.29, 1.82) is 0 Å². The fourth-order valence-electron chi connectivity index (χ4n) is 1.10. The standard InChI is InChI=1S/C9H12N2O2/c1-5-4-10-7(3)11-8(5)6(2)9(12)13/h4,6H,1-3H3,(H,12,13). The largest absolute Gasteiger partial charge is 0.481 e. The minimum Gasteiger partial charge on any atom is -0.481 e. The Kier molecular flexibility index (Phi) is 2.60. The van der Waals surface area contributed by atoms with Crippen molar-refractivity contribution in [3.8, 4) is 0 Å². The molecule has 0 bridgehead atoms. The van der Waals surface area contributed by atoms with E-state index in [1.54, 1.807) is 20.0 Å². The molecule has 0 aliphatic rings. The third kappa shape index (κ3) is 2.02. The Hall–Kier alpha value is -1.45. The predicted molar refractivity (Wildman–Crippen MR) is 47.6 cm³/mol. The highest BCUT2D eigenvalue weighted by atomic mass is 16.4. The average Bonchev–Trinajstić information content (AvgIpc) is 2.08. The fourth-order valence-corrected chi connectivity index (χ4v) is 1.10. The third-order valence-electron chi connectivity index (χ3n) is 1.91. The van der Waals surface area contributed by atoms with Gasteiger partial charge in [-0.3, -0.25) is 4.79 Å². The third-order valence-corrected chi connectivity index (χ3v) is 1.91. The molecule has 0 aromatic carbocycles. The molecule has 1 atom stereocenters. The lowest BCUT2D eigenvalue weighted by Crippen LogP contribution is -2.12. The van der Waals surface area contributed by atoms with Crippen molar-refractivity contribution in [2.24, 2.45) is 0 Å². The summed E-state index contributed by atoms with van der Waals surface area (Å²) in [5, 5.41) is 8.79. The Morgan fingerprint density at radius 1 is 1.54 bits per heavy atom. The smallest absolute Gasteiger partial charge is 0.312 e. The molecule has 0 aliphatic heterocycles. The number of carboxylic acid groups (broad SMARTS) is 1. The number of carboxylic acids is 1. The summed E-state index contributed by atoms with van der Waals surface area (Å²) in [6.07, 6.45) is 1.65. The first-order valence-corrected chi connectivity index (χ1v) is 4.05. The van der Waals surface area contributed by atoms with Crippen LogP contribution in [0.3, 0.4) is 0 Å². The monoisotopic (exact) mass is 180 g/mol. The highest BCUT2D eigenvalue weighted by molar-refractivity contribution is 5.75. The van der Waals surface area contributed by atoms with E-state index in [9.17, 15) is 4.79 Å². The molecule has 1 aromatic heterocycles. The molecule has 0 amide bonds. The van der Waals surface area contributed by atoms with Gasteiger partial charge >= 0.3 is 5.97 Å². The molecule has 0 radical (unpaired) electrons. The van der Waals surface area contributed by atoms with Crippen LogP contribution in [0, 0.1) is 13.8 Å². The number of aryl methyl sites for hydroxylation is 2. The molecular formula is C9H12N2O2. The highest BCUT2D eigenvalue weighted by Gasteiger charge is 2.17. The first-order chi connectivity index (χ1) is 6.02. The highest BCUT2D eigenvalue weighted by Crippen LogP contribution is 2.16. The lowest BCUT2D eigenvalue weighted by Gasteiger charge is -2.08. The molecule has 1 rings (SSSR count). The molecule has 0 saturated carbocycles. The molecule has 0 aliphatic carbocycles. The second-order valence-electron chi connectivity index (χ2n) is 3.05. The molecule has 0 fully saturated rings. The van der Waals surface area contributed by atoms with Crippen molar-refractivity contribution in [2.75, 3.05) is 0 Å². The minimum absolute atomic E-state index is 0.568. The Labute approximate surface area is 76.7 Å². The molecule has 13 heavy (non-hydrogen) atoms. The summed E-state index contributed by atoms with van der Waals surface area (Å²) < 4.78 is 0. The van der Waals surface area contributed by atoms with Gasteiger partial charge in [-0.05, 0) is 26.3 Å². The second kappa shape index (κ2) is 3.51. The number of aliphatic carboxylic acids is 1. The van der Waals surface area contributed by atoms with Gasteiger partial charge in [-0.2, -0.15) is 0 Å². The van der Waals surface area contributed by atoms with Gasteiger partial charge in [0, 0.05) is 6.20 Å². The molecule has 1 unspecified atom stereocenters. The van der Waals surface area contributed by atoms with E-state index in [-0.39, 0.29) is 0 Å². The van der Waals surface area contributed by atoms with Gasteiger partial charge in [0.25, 0.3) is 0 Å². The van der Waals surface area contributed by atoms with Gasteiger partial charge in [-0.1, -0.05) is 0 Å². The van der Waals surface area contributed by atoms with E-state index >= 15 is 0 Å². The van der Waals surface area contributed by atoms with E-state index in [4.69, 9.17) is 5.11 Å². The zero-order valence-electron chi connectivity index (χ0n) is 7.90. The van der Waals surface area contributed by atoms with Crippen LogP contribution in [-0.2, 0) is 4.79 Å². The minimum atomic E-state index is -0.860. The summed E-state index contributed by atoms with van der Waals surface area (Å²) in [5.74, 6) is -0.823. The Balaban J connectivity index is 3.12. The summed E-state index contributed by atoms with van der Waals surface area (Å²) in [6.45, 7) is 5.18. The van der Waals surface area contributed by atoms with E-state index in [2.05, 4.69) is 9.97 Å². The normalized spacial score (nSPS) is 12.5. The molecular weight excluding hydrogens is 168 g/mol. The van der Waals surface area contributed by atoms with Crippen LogP contribution < -0.4 is 0 Å². The van der Waals surface area contributed by atoms with Crippen LogP contribution in [0.1, 0.15) is 29.9 Å². The average molecular weight is 180 g/mol. The van der Waals surface area contributed by atoms with Crippen molar-refractivity contribution in [2.45, 2.75) is 26.7 Å². The number of rotatable bonds is 2. The van der Waals surface area contributed by atoms with Gasteiger partial charge in [0.15, 0.2) is 0 Å². The van der Waals surface area contributed by atoms with Gasteiger partial charge in [-0.15, -0.1) is 0 Å². The molecule has 1 heterocycles. The van der Waals surface area contributed by atoms with Crippen LogP contribution in [0.4, 0.5) is 0 Å². The van der Waals surface area contributed by atoms with Gasteiger partial charge in [-0.25, -0.2) is 9.97 Å². The van der Waals surface area contributed by atoms with Gasteiger partial charge in [0.05, 0.1) is 11.6 Å². The maximum Gasteiger partial charge on any atom is 0.312 e. The fraction of sp³-hybridized carbons (Fsp3) is 0.444. The first kappa shape index (κ1) is 9.64. The lowest BCUT2D eigenvalue weighted by atomic mass is 10.0. The van der Waals surface area contributed by atoms with Crippen LogP contribution in [0.2, 0.25) is 0 Å². The SMILES string of the molecule is Cc1ncc(C)c(C(C)C(=O)O)n1. The summed E-state index contributed by atoms with van der Waals surface area (Å²) in [7, 11) is 0. The molecule has 0 saturated heterocycles. The van der Waals surface area contributed by atoms with Crippen LogP contribution >= 0.6 is 0 Å². The van der Waals surface area contributed by atoms with E-state index < -0.39 is 11.9 Å². The molecule has 1 N–H and O–H groups in total. The topological polar surface area (TPSA) is 63.1 Å². The van der Waals surface area contributed by atoms with Crippen molar-refractivity contribution in [1.82, 2.24) is 9.97 Å². The first-order valence-electron chi connectivity index (χ1n) is 4.05. The summed E-state index contributed by atoms with van der Waals surface area (Å²) >= 11 is 0. The van der Waals surface area contributed by atoms with Gasteiger partial charge < -0.3 is 5.11 Å². The number of nitrogens with zero attached hydrogens (tertiary/aromatic N) is 2. The van der Waals surface area contributed by atoms with Gasteiger partial charge in [0.2, 0.25) is 0 Å². The molecule has 1 aromatic rings. The summed E-state index contributed by atoms with van der Waals surface area (Å²) in [6, 6.07) is 0. The summed E-state index contributed by atoms with van der Waals surface area (Å²) in [4.78, 5) is 18.8. The molecule has 4 heteroatoms. The van der Waals surface area contributed by atoms with Crippen molar-refractivity contribution in [3.05, 3.63) is 23.3 Å². The van der Waals surface area contributed by atoms with Crippen LogP contribution in [0.5, 0.6) is 0 Å². The predicted octanol–water partition coefficient (Wildman–Crippen LogP) is 1.28.